The Morgan fingerprint density at radius 3 is 3.00 bits per heavy atom. The van der Waals surface area contributed by atoms with Crippen molar-refractivity contribution in [3.63, 3.8) is 0 Å². The number of nitrogens with one attached hydrogen (secondary N) is 2. The molecule has 21 heavy (non-hydrogen) atoms. The molecule has 0 radical (unpaired) electrons. The lowest BCUT2D eigenvalue weighted by Crippen LogP contribution is -2.26. The summed E-state index contributed by atoms with van der Waals surface area (Å²) in [5, 5.41) is 5.93. The Kier molecular flexibility index (Phi) is 3.75. The highest BCUT2D eigenvalue weighted by Gasteiger charge is 2.11. The van der Waals surface area contributed by atoms with Crippen LogP contribution in [0.3, 0.4) is 0 Å². The van der Waals surface area contributed by atoms with Crippen LogP contribution in [0.25, 0.3) is 10.9 Å². The molecule has 2 aromatic heterocycles. The lowest BCUT2D eigenvalue weighted by molar-refractivity contribution is 0.0950. The summed E-state index contributed by atoms with van der Waals surface area (Å²) in [5.74, 6) is -0.107. The van der Waals surface area contributed by atoms with Gasteiger partial charge in [-0.25, -0.2) is 4.98 Å². The lowest BCUT2D eigenvalue weighted by atomic mass is 10.1. The van der Waals surface area contributed by atoms with Crippen LogP contribution in [0.4, 0.5) is 0 Å². The number of amides is 1. The van der Waals surface area contributed by atoms with Gasteiger partial charge in [-0.05, 0) is 31.4 Å². The molecule has 0 unspecified atom stereocenters. The Hall–Kier alpha value is -2.14. The van der Waals surface area contributed by atoms with Gasteiger partial charge in [-0.2, -0.15) is 0 Å². The van der Waals surface area contributed by atoms with Crippen LogP contribution in [-0.2, 0) is 6.42 Å². The number of aromatic amines is 1. The fourth-order valence-corrected chi connectivity index (χ4v) is 3.12. The zero-order valence-corrected chi connectivity index (χ0v) is 12.9. The molecule has 3 rings (SSSR count). The van der Waals surface area contributed by atoms with Crippen molar-refractivity contribution in [2.45, 2.75) is 20.3 Å². The maximum atomic E-state index is 11.9. The van der Waals surface area contributed by atoms with E-state index in [1.807, 2.05) is 0 Å². The van der Waals surface area contributed by atoms with Crippen molar-refractivity contribution in [3.05, 3.63) is 51.6 Å². The number of benzene rings is 1. The van der Waals surface area contributed by atoms with Crippen molar-refractivity contribution in [1.29, 1.82) is 0 Å². The Morgan fingerprint density at radius 2 is 2.24 bits per heavy atom. The highest BCUT2D eigenvalue weighted by atomic mass is 32.1. The Morgan fingerprint density at radius 1 is 1.38 bits per heavy atom. The van der Waals surface area contributed by atoms with E-state index in [9.17, 15) is 4.79 Å². The van der Waals surface area contributed by atoms with E-state index < -0.39 is 0 Å². The van der Waals surface area contributed by atoms with Gasteiger partial charge in [-0.15, -0.1) is 11.3 Å². The van der Waals surface area contributed by atoms with Crippen LogP contribution >= 0.6 is 11.3 Å². The summed E-state index contributed by atoms with van der Waals surface area (Å²) in [5.41, 5.74) is 7.03. The van der Waals surface area contributed by atoms with E-state index in [0.29, 0.717) is 12.2 Å². The highest BCUT2D eigenvalue weighted by molar-refractivity contribution is 7.07. The van der Waals surface area contributed by atoms with Gasteiger partial charge in [0.15, 0.2) is 0 Å². The molecule has 1 aromatic carbocycles. The summed E-state index contributed by atoms with van der Waals surface area (Å²) in [4.78, 5) is 19.3. The lowest BCUT2D eigenvalue weighted by Gasteiger charge is -2.04. The Balaban J connectivity index is 1.72. The van der Waals surface area contributed by atoms with Gasteiger partial charge in [-0.1, -0.05) is 18.2 Å². The minimum absolute atomic E-state index is 0.107. The van der Waals surface area contributed by atoms with Gasteiger partial charge in [0, 0.05) is 28.5 Å². The quantitative estimate of drug-likeness (QED) is 0.777. The van der Waals surface area contributed by atoms with Crippen molar-refractivity contribution in [2.24, 2.45) is 0 Å². The first-order valence-corrected chi connectivity index (χ1v) is 7.84. The molecule has 1 amide bonds. The Bertz CT molecular complexity index is 774. The molecule has 0 fully saturated rings. The summed E-state index contributed by atoms with van der Waals surface area (Å²) < 4.78 is 0. The van der Waals surface area contributed by atoms with Gasteiger partial charge < -0.3 is 10.3 Å². The number of carbonyl (C=O) groups excluding carboxylic acids is 1. The average Bonchev–Trinajstić information content (AvgIpc) is 3.09. The maximum absolute atomic E-state index is 11.9. The number of thiazole rings is 1. The van der Waals surface area contributed by atoms with Crippen LogP contribution in [0.15, 0.2) is 29.1 Å². The molecule has 5 heteroatoms. The van der Waals surface area contributed by atoms with Crippen LogP contribution in [0.2, 0.25) is 0 Å². The van der Waals surface area contributed by atoms with Gasteiger partial charge in [0.25, 0.3) is 5.91 Å². The molecule has 0 spiro atoms. The van der Waals surface area contributed by atoms with Crippen molar-refractivity contribution < 1.29 is 4.79 Å². The second-order valence-electron chi connectivity index (χ2n) is 5.11. The van der Waals surface area contributed by atoms with E-state index >= 15 is 0 Å². The normalized spacial score (nSPS) is 11.0. The SMILES string of the molecule is Cc1[nH]c2c(C)cccc2c1CCNC(=O)c1cscn1. The van der Waals surface area contributed by atoms with E-state index in [1.54, 1.807) is 10.9 Å². The predicted octanol–water partition coefficient (Wildman–Crippen LogP) is 3.21. The van der Waals surface area contributed by atoms with Crippen LogP contribution in [0, 0.1) is 13.8 Å². The van der Waals surface area contributed by atoms with Crippen molar-refractivity contribution in [1.82, 2.24) is 15.3 Å². The molecular formula is C16H17N3OS. The summed E-state index contributed by atoms with van der Waals surface area (Å²) in [6, 6.07) is 6.30. The van der Waals surface area contributed by atoms with Crippen molar-refractivity contribution >= 4 is 28.1 Å². The Labute approximate surface area is 127 Å². The van der Waals surface area contributed by atoms with Crippen molar-refractivity contribution in [2.75, 3.05) is 6.54 Å². The number of hydrogen-bond acceptors (Lipinski definition) is 3. The van der Waals surface area contributed by atoms with E-state index in [4.69, 9.17) is 0 Å². The summed E-state index contributed by atoms with van der Waals surface area (Å²) in [7, 11) is 0. The number of carbonyl (C=O) groups is 1. The fraction of sp³-hybridized carbons (Fsp3) is 0.250. The monoisotopic (exact) mass is 299 g/mol. The summed E-state index contributed by atoms with van der Waals surface area (Å²) in [6.45, 7) is 4.79. The third-order valence-corrected chi connectivity index (χ3v) is 4.28. The minimum Gasteiger partial charge on any atom is -0.358 e. The molecule has 4 nitrogen and oxygen atoms in total. The molecular weight excluding hydrogens is 282 g/mol. The third kappa shape index (κ3) is 2.69. The number of rotatable bonds is 4. The topological polar surface area (TPSA) is 57.8 Å². The number of H-pyrrole nitrogens is 1. The van der Waals surface area contributed by atoms with Gasteiger partial charge in [0.1, 0.15) is 5.69 Å². The van der Waals surface area contributed by atoms with Gasteiger partial charge in [0.2, 0.25) is 0 Å². The second kappa shape index (κ2) is 5.69. The number of nitrogens with zero attached hydrogens (tertiary/aromatic N) is 1. The molecule has 3 aromatic rings. The first-order chi connectivity index (χ1) is 10.2. The number of para-hydroxylation sites is 1. The van der Waals surface area contributed by atoms with Crippen molar-refractivity contribution in [3.8, 4) is 0 Å². The van der Waals surface area contributed by atoms with E-state index in [2.05, 4.69) is 47.3 Å². The van der Waals surface area contributed by atoms with Crippen LogP contribution < -0.4 is 5.32 Å². The first kappa shape index (κ1) is 13.8. The van der Waals surface area contributed by atoms with Crippen LogP contribution in [0.5, 0.6) is 0 Å². The highest BCUT2D eigenvalue weighted by Crippen LogP contribution is 2.24. The van der Waals surface area contributed by atoms with Crippen LogP contribution in [-0.4, -0.2) is 22.4 Å². The third-order valence-electron chi connectivity index (χ3n) is 3.69. The standard InChI is InChI=1S/C16H17N3OS/c1-10-4-3-5-13-12(11(2)19-15(10)13)6-7-17-16(20)14-8-21-9-18-14/h3-5,8-9,19H,6-7H2,1-2H3,(H,17,20). The van der Waals surface area contributed by atoms with Gasteiger partial charge in [-0.3, -0.25) is 4.79 Å². The average molecular weight is 299 g/mol. The predicted molar refractivity (Wildman–Crippen MR) is 85.9 cm³/mol. The van der Waals surface area contributed by atoms with Gasteiger partial charge in [0.05, 0.1) is 5.51 Å². The number of aromatic nitrogens is 2. The molecule has 0 atom stereocenters. The smallest absolute Gasteiger partial charge is 0.270 e. The number of fused-ring (bicyclic) bond motifs is 1. The van der Waals surface area contributed by atoms with Gasteiger partial charge >= 0.3 is 0 Å². The number of hydrogen-bond donors (Lipinski definition) is 2. The summed E-state index contributed by atoms with van der Waals surface area (Å²) in [6.07, 6.45) is 0.811. The zero-order valence-electron chi connectivity index (χ0n) is 12.1. The van der Waals surface area contributed by atoms with E-state index in [0.717, 1.165) is 6.42 Å². The fourth-order valence-electron chi connectivity index (χ4n) is 2.59. The molecule has 2 N–H and O–H groups in total. The van der Waals surface area contributed by atoms with E-state index in [1.165, 1.54) is 39.1 Å². The minimum atomic E-state index is -0.107. The molecule has 2 heterocycles. The number of aryl methyl sites for hydroxylation is 2. The van der Waals surface area contributed by atoms with E-state index in [-0.39, 0.29) is 5.91 Å². The summed E-state index contributed by atoms with van der Waals surface area (Å²) >= 11 is 1.43. The first-order valence-electron chi connectivity index (χ1n) is 6.90. The largest absolute Gasteiger partial charge is 0.358 e. The molecule has 0 aliphatic carbocycles. The maximum Gasteiger partial charge on any atom is 0.270 e. The molecule has 0 saturated carbocycles. The molecule has 0 bridgehead atoms. The zero-order chi connectivity index (χ0) is 14.8. The molecule has 0 aliphatic heterocycles. The molecule has 108 valence electrons. The van der Waals surface area contributed by atoms with Crippen LogP contribution in [0.1, 0.15) is 27.3 Å². The molecule has 0 aliphatic rings. The second-order valence-corrected chi connectivity index (χ2v) is 5.82. The molecule has 0 saturated heterocycles.